The van der Waals surface area contributed by atoms with Crippen molar-refractivity contribution in [2.24, 2.45) is 0 Å². The van der Waals surface area contributed by atoms with Crippen LogP contribution >= 0.6 is 12.6 Å². The Kier molecular flexibility index (Phi) is 18.4. The summed E-state index contributed by atoms with van der Waals surface area (Å²) in [5.41, 5.74) is 0. The van der Waals surface area contributed by atoms with E-state index >= 15 is 0 Å². The van der Waals surface area contributed by atoms with Crippen molar-refractivity contribution in [1.82, 2.24) is 0 Å². The van der Waals surface area contributed by atoms with E-state index in [4.69, 9.17) is 0 Å². The molecule has 0 fully saturated rings. The Labute approximate surface area is 93.2 Å². The van der Waals surface area contributed by atoms with E-state index < -0.39 is 0 Å². The molecule has 0 aliphatic rings. The van der Waals surface area contributed by atoms with Gasteiger partial charge in [-0.15, -0.1) is 0 Å². The molecule has 0 radical (unpaired) electrons. The largest absolute Gasteiger partial charge is 2.00 e. The number of hydrogen-bond acceptors (Lipinski definition) is 1. The van der Waals surface area contributed by atoms with Crippen molar-refractivity contribution in [1.29, 1.82) is 0 Å². The van der Waals surface area contributed by atoms with Crippen LogP contribution in [0.3, 0.4) is 0 Å². The molecule has 0 nitrogen and oxygen atoms in total. The first-order valence-electron chi connectivity index (χ1n) is 5.02. The summed E-state index contributed by atoms with van der Waals surface area (Å²) in [5, 5.41) is 0. The third-order valence-electron chi connectivity index (χ3n) is 2.01. The number of hydrogen-bond donors (Lipinski definition) is 1. The van der Waals surface area contributed by atoms with Gasteiger partial charge in [0.05, 0.1) is 0 Å². The average molecular weight is 233 g/mol. The van der Waals surface area contributed by atoms with E-state index in [1.165, 1.54) is 51.4 Å². The zero-order valence-electron chi connectivity index (χ0n) is 8.13. The molecular weight excluding hydrogens is 211 g/mol. The van der Waals surface area contributed by atoms with Gasteiger partial charge in [-0.2, -0.15) is 12.6 Å². The maximum Gasteiger partial charge on any atom is 2.00 e. The van der Waals surface area contributed by atoms with Crippen LogP contribution in [-0.2, 0) is 16.5 Å². The van der Waals surface area contributed by atoms with E-state index in [2.05, 4.69) is 19.6 Å². The minimum Gasteiger partial charge on any atom is -0.179 e. The summed E-state index contributed by atoms with van der Waals surface area (Å²) in [6.07, 6.45) is 11.2. The maximum absolute atomic E-state index is 4.18. The molecule has 0 aromatic rings. The standard InChI is InChI=1S/C10H22S.Ni/c1-2-3-4-5-6-7-8-9-10-11;/h11H,2-10H2,1H3;/q;+2. The molecule has 0 spiro atoms. The van der Waals surface area contributed by atoms with Crippen molar-refractivity contribution in [3.8, 4) is 0 Å². The van der Waals surface area contributed by atoms with Crippen molar-refractivity contribution < 1.29 is 16.5 Å². The van der Waals surface area contributed by atoms with Gasteiger partial charge in [0.15, 0.2) is 0 Å². The molecule has 2 heteroatoms. The maximum atomic E-state index is 4.18. The molecular formula is C10H22NiS+2. The molecule has 0 aromatic heterocycles. The van der Waals surface area contributed by atoms with E-state index in [0.717, 1.165) is 5.75 Å². The minimum atomic E-state index is 0. The predicted molar refractivity (Wildman–Crippen MR) is 56.5 cm³/mol. The molecule has 0 aliphatic heterocycles. The van der Waals surface area contributed by atoms with Crippen LogP contribution in [0.5, 0.6) is 0 Å². The Morgan fingerprint density at radius 1 is 0.750 bits per heavy atom. The fourth-order valence-corrected chi connectivity index (χ4v) is 1.47. The normalized spacial score (nSPS) is 9.50. The zero-order chi connectivity index (χ0) is 8.36. The van der Waals surface area contributed by atoms with Crippen molar-refractivity contribution >= 4 is 12.6 Å². The van der Waals surface area contributed by atoms with Crippen molar-refractivity contribution in [2.45, 2.75) is 58.3 Å². The van der Waals surface area contributed by atoms with E-state index in [1.54, 1.807) is 0 Å². The summed E-state index contributed by atoms with van der Waals surface area (Å²) >= 11 is 4.18. The van der Waals surface area contributed by atoms with Crippen LogP contribution in [0.25, 0.3) is 0 Å². The third-order valence-corrected chi connectivity index (χ3v) is 2.33. The van der Waals surface area contributed by atoms with Crippen LogP contribution in [0.1, 0.15) is 58.3 Å². The van der Waals surface area contributed by atoms with Crippen molar-refractivity contribution in [3.63, 3.8) is 0 Å². The Morgan fingerprint density at radius 2 is 1.17 bits per heavy atom. The van der Waals surface area contributed by atoms with Gasteiger partial charge >= 0.3 is 16.5 Å². The predicted octanol–water partition coefficient (Wildman–Crippen LogP) is 4.05. The van der Waals surface area contributed by atoms with Crippen LogP contribution < -0.4 is 0 Å². The summed E-state index contributed by atoms with van der Waals surface area (Å²) < 4.78 is 0. The van der Waals surface area contributed by atoms with Gasteiger partial charge in [0, 0.05) is 0 Å². The summed E-state index contributed by atoms with van der Waals surface area (Å²) in [7, 11) is 0. The van der Waals surface area contributed by atoms with Crippen LogP contribution in [-0.4, -0.2) is 5.75 Å². The summed E-state index contributed by atoms with van der Waals surface area (Å²) in [4.78, 5) is 0. The molecule has 0 saturated heterocycles. The van der Waals surface area contributed by atoms with E-state index in [0.29, 0.717) is 0 Å². The quantitative estimate of drug-likeness (QED) is 0.365. The summed E-state index contributed by atoms with van der Waals surface area (Å²) in [5.74, 6) is 1.06. The Balaban J connectivity index is 0. The van der Waals surface area contributed by atoms with Gasteiger partial charge in [-0.1, -0.05) is 51.9 Å². The van der Waals surface area contributed by atoms with Crippen molar-refractivity contribution in [3.05, 3.63) is 0 Å². The van der Waals surface area contributed by atoms with Gasteiger partial charge in [0.2, 0.25) is 0 Å². The summed E-state index contributed by atoms with van der Waals surface area (Å²) in [6.45, 7) is 2.26. The Bertz CT molecular complexity index is 58.9. The molecule has 0 aromatic carbocycles. The van der Waals surface area contributed by atoms with Gasteiger partial charge < -0.3 is 0 Å². The number of unbranched alkanes of at least 4 members (excludes halogenated alkanes) is 7. The van der Waals surface area contributed by atoms with Crippen LogP contribution in [0.4, 0.5) is 0 Å². The molecule has 0 saturated carbocycles. The molecule has 0 rings (SSSR count). The molecule has 0 atom stereocenters. The number of rotatable bonds is 8. The Morgan fingerprint density at radius 3 is 1.58 bits per heavy atom. The summed E-state index contributed by atoms with van der Waals surface area (Å²) in [6, 6.07) is 0. The van der Waals surface area contributed by atoms with Gasteiger partial charge in [-0.3, -0.25) is 0 Å². The molecule has 0 bridgehead atoms. The second-order valence-corrected chi connectivity index (χ2v) is 3.65. The topological polar surface area (TPSA) is 0 Å². The fraction of sp³-hybridized carbons (Fsp3) is 1.00. The van der Waals surface area contributed by atoms with Crippen molar-refractivity contribution in [2.75, 3.05) is 5.75 Å². The molecule has 0 amide bonds. The smallest absolute Gasteiger partial charge is 0.179 e. The van der Waals surface area contributed by atoms with Gasteiger partial charge in [0.1, 0.15) is 0 Å². The van der Waals surface area contributed by atoms with Gasteiger partial charge in [-0.05, 0) is 12.2 Å². The Hall–Kier alpha value is 0.844. The second-order valence-electron chi connectivity index (χ2n) is 3.20. The molecule has 0 unspecified atom stereocenters. The second kappa shape index (κ2) is 14.4. The monoisotopic (exact) mass is 232 g/mol. The molecule has 12 heavy (non-hydrogen) atoms. The van der Waals surface area contributed by atoms with E-state index in [-0.39, 0.29) is 16.5 Å². The van der Waals surface area contributed by atoms with E-state index in [9.17, 15) is 0 Å². The average Bonchev–Trinajstić information content (AvgIpc) is 2.03. The van der Waals surface area contributed by atoms with Crippen LogP contribution in [0, 0.1) is 0 Å². The van der Waals surface area contributed by atoms with Crippen LogP contribution in [0.2, 0.25) is 0 Å². The molecule has 76 valence electrons. The molecule has 0 aliphatic carbocycles. The molecule has 0 heterocycles. The van der Waals surface area contributed by atoms with Gasteiger partial charge in [0.25, 0.3) is 0 Å². The first kappa shape index (κ1) is 15.3. The number of thiol groups is 1. The third kappa shape index (κ3) is 13.4. The van der Waals surface area contributed by atoms with E-state index in [1.807, 2.05) is 0 Å². The minimum absolute atomic E-state index is 0. The first-order valence-corrected chi connectivity index (χ1v) is 5.66. The van der Waals surface area contributed by atoms with Gasteiger partial charge in [-0.25, -0.2) is 0 Å². The SMILES string of the molecule is CCCCCCCCCCS.[Ni+2]. The zero-order valence-corrected chi connectivity index (χ0v) is 10.0. The fourth-order valence-electron chi connectivity index (χ4n) is 1.25. The van der Waals surface area contributed by atoms with Crippen LogP contribution in [0.15, 0.2) is 0 Å². The molecule has 0 N–H and O–H groups in total. The first-order chi connectivity index (χ1) is 5.41.